The summed E-state index contributed by atoms with van der Waals surface area (Å²) < 4.78 is 24.5. The van der Waals surface area contributed by atoms with E-state index in [1.165, 1.54) is 19.8 Å². The summed E-state index contributed by atoms with van der Waals surface area (Å²) in [6, 6.07) is 3.89. The second-order valence-corrected chi connectivity index (χ2v) is 5.45. The van der Waals surface area contributed by atoms with Crippen molar-refractivity contribution in [1.82, 2.24) is 5.32 Å². The number of ether oxygens (including phenoxy) is 2. The molecule has 0 radical (unpaired) electrons. The second kappa shape index (κ2) is 6.93. The Balaban J connectivity index is 2.26. The molecule has 1 aliphatic heterocycles. The van der Waals surface area contributed by atoms with Gasteiger partial charge in [-0.15, -0.1) is 0 Å². The van der Waals surface area contributed by atoms with Crippen LogP contribution in [-0.2, 0) is 6.42 Å². The molecule has 1 heterocycles. The Bertz CT molecular complexity index is 442. The van der Waals surface area contributed by atoms with Gasteiger partial charge in [-0.05, 0) is 62.9 Å². The molecule has 112 valence electrons. The largest absolute Gasteiger partial charge is 0.493 e. The first-order chi connectivity index (χ1) is 9.65. The molecule has 4 heteroatoms. The Labute approximate surface area is 120 Å². The van der Waals surface area contributed by atoms with E-state index in [0.717, 1.165) is 25.1 Å². The number of alkyl halides is 1. The number of hydrogen-bond donors (Lipinski definition) is 1. The van der Waals surface area contributed by atoms with Crippen LogP contribution in [-0.4, -0.2) is 27.3 Å². The first kappa shape index (κ1) is 15.1. The van der Waals surface area contributed by atoms with Gasteiger partial charge in [0.15, 0.2) is 11.5 Å². The number of hydrogen-bond acceptors (Lipinski definition) is 3. The van der Waals surface area contributed by atoms with E-state index >= 15 is 0 Å². The zero-order chi connectivity index (χ0) is 14.5. The Hall–Kier alpha value is -1.29. The molecular formula is C16H24FNO2. The van der Waals surface area contributed by atoms with Crippen LogP contribution in [0.2, 0.25) is 0 Å². The molecule has 1 aromatic rings. The molecule has 0 bridgehead atoms. The fraction of sp³-hybridized carbons (Fsp3) is 0.625. The van der Waals surface area contributed by atoms with Crippen molar-refractivity contribution in [1.29, 1.82) is 0 Å². The van der Waals surface area contributed by atoms with Gasteiger partial charge in [0.25, 0.3) is 0 Å². The van der Waals surface area contributed by atoms with Crippen LogP contribution in [0.1, 0.15) is 37.1 Å². The van der Waals surface area contributed by atoms with E-state index < -0.39 is 6.17 Å². The lowest BCUT2D eigenvalue weighted by molar-refractivity contribution is 0.322. The van der Waals surface area contributed by atoms with Gasteiger partial charge in [0.05, 0.1) is 14.2 Å². The summed E-state index contributed by atoms with van der Waals surface area (Å²) in [6.45, 7) is 3.67. The third-order valence-electron chi connectivity index (χ3n) is 3.92. The van der Waals surface area contributed by atoms with Gasteiger partial charge in [-0.1, -0.05) is 0 Å². The third-order valence-corrected chi connectivity index (χ3v) is 3.92. The average Bonchev–Trinajstić information content (AvgIpc) is 2.47. The van der Waals surface area contributed by atoms with Crippen molar-refractivity contribution in [3.8, 4) is 11.5 Å². The van der Waals surface area contributed by atoms with Gasteiger partial charge in [-0.2, -0.15) is 0 Å². The van der Waals surface area contributed by atoms with Gasteiger partial charge in [0, 0.05) is 5.56 Å². The number of benzene rings is 1. The molecule has 0 saturated carbocycles. The molecule has 1 aliphatic rings. The first-order valence-electron chi connectivity index (χ1n) is 7.25. The van der Waals surface area contributed by atoms with Crippen molar-refractivity contribution in [3.63, 3.8) is 0 Å². The maximum Gasteiger partial charge on any atom is 0.166 e. The smallest absolute Gasteiger partial charge is 0.166 e. The third kappa shape index (κ3) is 3.42. The summed E-state index contributed by atoms with van der Waals surface area (Å²) in [5, 5.41) is 3.41. The lowest BCUT2D eigenvalue weighted by atomic mass is 9.91. The molecule has 20 heavy (non-hydrogen) atoms. The maximum absolute atomic E-state index is 13.8. The minimum Gasteiger partial charge on any atom is -0.493 e. The van der Waals surface area contributed by atoms with Crippen LogP contribution in [0.15, 0.2) is 12.1 Å². The molecule has 0 amide bonds. The zero-order valence-corrected chi connectivity index (χ0v) is 12.5. The SMILES string of the molecule is COc1cc(CC2CCCNC2)cc(C(C)F)c1OC. The number of piperidine rings is 1. The van der Waals surface area contributed by atoms with Crippen molar-refractivity contribution in [2.75, 3.05) is 27.3 Å². The minimum absolute atomic E-state index is 0.507. The number of methoxy groups -OCH3 is 2. The van der Waals surface area contributed by atoms with Crippen LogP contribution < -0.4 is 14.8 Å². The topological polar surface area (TPSA) is 30.5 Å². The van der Waals surface area contributed by atoms with Crippen molar-refractivity contribution in [2.24, 2.45) is 5.92 Å². The van der Waals surface area contributed by atoms with Crippen LogP contribution in [0, 0.1) is 5.92 Å². The monoisotopic (exact) mass is 281 g/mol. The Morgan fingerprint density at radius 2 is 2.15 bits per heavy atom. The lowest BCUT2D eigenvalue weighted by Gasteiger charge is -2.24. The zero-order valence-electron chi connectivity index (χ0n) is 12.5. The fourth-order valence-electron chi connectivity index (χ4n) is 2.90. The molecule has 0 aromatic heterocycles. The van der Waals surface area contributed by atoms with Crippen molar-refractivity contribution >= 4 is 0 Å². The lowest BCUT2D eigenvalue weighted by Crippen LogP contribution is -2.30. The highest BCUT2D eigenvalue weighted by Gasteiger charge is 2.19. The summed E-state index contributed by atoms with van der Waals surface area (Å²) in [6.07, 6.45) is 2.32. The first-order valence-corrected chi connectivity index (χ1v) is 7.25. The minimum atomic E-state index is -1.07. The van der Waals surface area contributed by atoms with Gasteiger partial charge in [0.2, 0.25) is 0 Å². The normalized spacial score (nSPS) is 20.5. The van der Waals surface area contributed by atoms with Crippen molar-refractivity contribution in [3.05, 3.63) is 23.3 Å². The van der Waals surface area contributed by atoms with Gasteiger partial charge >= 0.3 is 0 Å². The van der Waals surface area contributed by atoms with Gasteiger partial charge in [-0.25, -0.2) is 4.39 Å². The van der Waals surface area contributed by atoms with Crippen LogP contribution in [0.4, 0.5) is 4.39 Å². The summed E-state index contributed by atoms with van der Waals surface area (Å²) in [4.78, 5) is 0. The van der Waals surface area contributed by atoms with Gasteiger partial charge in [-0.3, -0.25) is 0 Å². The van der Waals surface area contributed by atoms with E-state index in [1.54, 1.807) is 14.2 Å². The molecule has 0 spiro atoms. The van der Waals surface area contributed by atoms with Crippen LogP contribution in [0.5, 0.6) is 11.5 Å². The highest BCUT2D eigenvalue weighted by atomic mass is 19.1. The van der Waals surface area contributed by atoms with Crippen molar-refractivity contribution in [2.45, 2.75) is 32.4 Å². The quantitative estimate of drug-likeness (QED) is 0.898. The van der Waals surface area contributed by atoms with E-state index in [9.17, 15) is 4.39 Å². The van der Waals surface area contributed by atoms with Crippen molar-refractivity contribution < 1.29 is 13.9 Å². The predicted molar refractivity (Wildman–Crippen MR) is 78.4 cm³/mol. The Kier molecular flexibility index (Phi) is 5.24. The number of halogens is 1. The fourth-order valence-corrected chi connectivity index (χ4v) is 2.90. The summed E-state index contributed by atoms with van der Waals surface area (Å²) >= 11 is 0. The van der Waals surface area contributed by atoms with Gasteiger partial charge in [0.1, 0.15) is 6.17 Å². The molecule has 1 saturated heterocycles. The highest BCUT2D eigenvalue weighted by Crippen LogP contribution is 2.38. The molecule has 1 fully saturated rings. The molecule has 2 unspecified atom stereocenters. The van der Waals surface area contributed by atoms with Gasteiger partial charge < -0.3 is 14.8 Å². The van der Waals surface area contributed by atoms with Crippen LogP contribution in [0.3, 0.4) is 0 Å². The van der Waals surface area contributed by atoms with E-state index in [4.69, 9.17) is 9.47 Å². The molecule has 1 N–H and O–H groups in total. The Morgan fingerprint density at radius 1 is 1.35 bits per heavy atom. The predicted octanol–water partition coefficient (Wildman–Crippen LogP) is 3.28. The van der Waals surface area contributed by atoms with E-state index in [1.807, 2.05) is 12.1 Å². The molecule has 2 atom stereocenters. The summed E-state index contributed by atoms with van der Waals surface area (Å²) in [5.74, 6) is 1.74. The average molecular weight is 281 g/mol. The highest BCUT2D eigenvalue weighted by molar-refractivity contribution is 5.50. The standard InChI is InChI=1S/C16H24FNO2/c1-11(17)14-8-13(7-12-5-4-6-18-10-12)9-15(19-2)16(14)20-3/h8-9,11-12,18H,4-7,10H2,1-3H3. The van der Waals surface area contributed by atoms with Crippen LogP contribution >= 0.6 is 0 Å². The van der Waals surface area contributed by atoms with E-state index in [-0.39, 0.29) is 0 Å². The summed E-state index contributed by atoms with van der Waals surface area (Å²) in [5.41, 5.74) is 1.70. The maximum atomic E-state index is 13.8. The molecule has 1 aromatic carbocycles. The number of nitrogens with one attached hydrogen (secondary N) is 1. The molecule has 2 rings (SSSR count). The summed E-state index contributed by atoms with van der Waals surface area (Å²) in [7, 11) is 3.14. The molecule has 3 nitrogen and oxygen atoms in total. The Morgan fingerprint density at radius 3 is 2.70 bits per heavy atom. The van der Waals surface area contributed by atoms with Crippen LogP contribution in [0.25, 0.3) is 0 Å². The molecular weight excluding hydrogens is 257 g/mol. The van der Waals surface area contributed by atoms with E-state index in [0.29, 0.717) is 23.0 Å². The molecule has 0 aliphatic carbocycles. The second-order valence-electron chi connectivity index (χ2n) is 5.45. The van der Waals surface area contributed by atoms with E-state index in [2.05, 4.69) is 5.32 Å². The number of rotatable bonds is 5.